The largest absolute Gasteiger partial charge is 0.510 e. The zero-order valence-corrected chi connectivity index (χ0v) is 11.2. The van der Waals surface area contributed by atoms with Gasteiger partial charge in [-0.2, -0.15) is 0 Å². The third kappa shape index (κ3) is 2.21. The van der Waals surface area contributed by atoms with Crippen LogP contribution in [0.25, 0.3) is 21.6 Å². The molecule has 0 spiro atoms. The summed E-state index contributed by atoms with van der Waals surface area (Å²) in [6.45, 7) is 1.75. The van der Waals surface area contributed by atoms with Crippen LogP contribution in [-0.4, -0.2) is 22.2 Å². The molecule has 0 fully saturated rings. The van der Waals surface area contributed by atoms with Crippen molar-refractivity contribution in [3.63, 3.8) is 0 Å². The van der Waals surface area contributed by atoms with Crippen LogP contribution in [0.4, 0.5) is 0 Å². The standard InChI is InChI=1S/C14H13N3O3/c1-3-20-14(19)12(16-15)13(18)10-8-17(2)11-7-5-4-6-9(10)11/h4-8H,3H2,1-2H3/p+1. The van der Waals surface area contributed by atoms with Gasteiger partial charge in [0, 0.05) is 24.1 Å². The van der Waals surface area contributed by atoms with Crippen molar-refractivity contribution in [2.75, 3.05) is 6.61 Å². The van der Waals surface area contributed by atoms with Gasteiger partial charge < -0.3 is 14.4 Å². The molecule has 0 saturated carbocycles. The number of esters is 1. The number of diazo groups is 1. The molecule has 0 saturated heterocycles. The Morgan fingerprint density at radius 2 is 2.15 bits per heavy atom. The fourth-order valence-corrected chi connectivity index (χ4v) is 2.04. The maximum atomic E-state index is 11.6. The van der Waals surface area contributed by atoms with Gasteiger partial charge in [-0.05, 0) is 13.0 Å². The first-order valence-electron chi connectivity index (χ1n) is 6.10. The summed E-state index contributed by atoms with van der Waals surface area (Å²) in [5.74, 6) is -1.29. The number of carbonyl (C=O) groups is 1. The molecule has 6 heteroatoms. The van der Waals surface area contributed by atoms with E-state index in [1.807, 2.05) is 25.2 Å². The van der Waals surface area contributed by atoms with Crippen molar-refractivity contribution in [1.29, 1.82) is 5.39 Å². The minimum Gasteiger partial charge on any atom is -0.501 e. The van der Waals surface area contributed by atoms with E-state index in [1.165, 1.54) is 0 Å². The third-order valence-electron chi connectivity index (χ3n) is 2.95. The number of hydrogen-bond acceptors (Lipinski definition) is 4. The van der Waals surface area contributed by atoms with Crippen LogP contribution >= 0.6 is 0 Å². The van der Waals surface area contributed by atoms with Crippen LogP contribution in [0.5, 0.6) is 0 Å². The number of aromatic nitrogens is 1. The van der Waals surface area contributed by atoms with E-state index in [4.69, 9.17) is 10.1 Å². The van der Waals surface area contributed by atoms with Gasteiger partial charge in [0.1, 0.15) is 0 Å². The highest BCUT2D eigenvalue weighted by molar-refractivity contribution is 6.01. The second-order valence-electron chi connectivity index (χ2n) is 4.19. The number of aliphatic hydroxyl groups excluding tert-OH is 1. The quantitative estimate of drug-likeness (QED) is 0.403. The number of fused-ring (bicyclic) bond motifs is 1. The Morgan fingerprint density at radius 3 is 2.80 bits per heavy atom. The molecule has 0 radical (unpaired) electrons. The van der Waals surface area contributed by atoms with Crippen LogP contribution < -0.4 is 0 Å². The molecule has 20 heavy (non-hydrogen) atoms. The van der Waals surface area contributed by atoms with E-state index in [1.54, 1.807) is 23.8 Å². The number of rotatable bonds is 3. The summed E-state index contributed by atoms with van der Waals surface area (Å²) >= 11 is 0. The van der Waals surface area contributed by atoms with Gasteiger partial charge in [0.2, 0.25) is 11.2 Å². The van der Waals surface area contributed by atoms with Gasteiger partial charge in [-0.3, -0.25) is 0 Å². The van der Waals surface area contributed by atoms with Crippen molar-refractivity contribution in [2.45, 2.75) is 6.92 Å². The topological polar surface area (TPSA) is 79.6 Å². The van der Waals surface area contributed by atoms with Gasteiger partial charge in [0.25, 0.3) is 0 Å². The lowest BCUT2D eigenvalue weighted by atomic mass is 10.1. The van der Waals surface area contributed by atoms with Crippen LogP contribution in [0.1, 0.15) is 12.5 Å². The van der Waals surface area contributed by atoms with Crippen LogP contribution in [0.2, 0.25) is 0 Å². The van der Waals surface area contributed by atoms with Crippen LogP contribution in [0.15, 0.2) is 36.2 Å². The molecular formula is C14H14N3O3+. The molecule has 0 bridgehead atoms. The number of ether oxygens (including phenoxy) is 1. The molecule has 0 atom stereocenters. The first-order chi connectivity index (χ1) is 9.60. The Kier molecular flexibility index (Phi) is 3.71. The molecule has 2 aromatic rings. The first-order valence-corrected chi connectivity index (χ1v) is 6.10. The van der Waals surface area contributed by atoms with Crippen molar-refractivity contribution in [1.82, 2.24) is 4.57 Å². The van der Waals surface area contributed by atoms with E-state index in [-0.39, 0.29) is 6.61 Å². The van der Waals surface area contributed by atoms with E-state index >= 15 is 0 Å². The Bertz CT molecular complexity index is 738. The van der Waals surface area contributed by atoms with E-state index in [0.29, 0.717) is 5.56 Å². The highest BCUT2D eigenvalue weighted by atomic mass is 16.5. The van der Waals surface area contributed by atoms with E-state index in [0.717, 1.165) is 10.9 Å². The number of aryl methyl sites for hydroxylation is 1. The fourth-order valence-electron chi connectivity index (χ4n) is 2.04. The minimum absolute atomic E-state index is 0.126. The summed E-state index contributed by atoms with van der Waals surface area (Å²) in [4.78, 5) is 14.5. The lowest BCUT2D eigenvalue weighted by Gasteiger charge is -1.96. The van der Waals surface area contributed by atoms with Gasteiger partial charge in [-0.1, -0.05) is 18.2 Å². The highest BCUT2D eigenvalue weighted by Gasteiger charge is 2.32. The van der Waals surface area contributed by atoms with E-state index < -0.39 is 17.4 Å². The summed E-state index contributed by atoms with van der Waals surface area (Å²) in [5, 5.41) is 19.9. The third-order valence-corrected chi connectivity index (χ3v) is 2.95. The molecule has 1 heterocycles. The fraction of sp³-hybridized carbons (Fsp3) is 0.214. The Morgan fingerprint density at radius 1 is 1.45 bits per heavy atom. The van der Waals surface area contributed by atoms with Crippen LogP contribution in [0, 0.1) is 5.39 Å². The molecule has 102 valence electrons. The molecule has 2 rings (SSSR count). The number of para-hydroxylation sites is 1. The van der Waals surface area contributed by atoms with Gasteiger partial charge >= 0.3 is 11.7 Å². The molecule has 0 unspecified atom stereocenters. The number of aliphatic hydroxyl groups is 1. The lowest BCUT2D eigenvalue weighted by Crippen LogP contribution is -2.07. The number of nitrogens with zero attached hydrogens (tertiary/aromatic N) is 3. The van der Waals surface area contributed by atoms with Gasteiger partial charge in [0.05, 0.1) is 12.2 Å². The Hall–Kier alpha value is -2.81. The summed E-state index contributed by atoms with van der Waals surface area (Å²) in [6, 6.07) is 7.38. The van der Waals surface area contributed by atoms with Crippen molar-refractivity contribution in [2.24, 2.45) is 7.05 Å². The van der Waals surface area contributed by atoms with Crippen molar-refractivity contribution < 1.29 is 14.6 Å². The average Bonchev–Trinajstić information content (AvgIpc) is 2.78. The first kappa shape index (κ1) is 13.6. The molecule has 1 aromatic heterocycles. The zero-order valence-electron chi connectivity index (χ0n) is 11.2. The van der Waals surface area contributed by atoms with Gasteiger partial charge in [0.15, 0.2) is 4.98 Å². The maximum absolute atomic E-state index is 11.6. The minimum atomic E-state index is -0.875. The van der Waals surface area contributed by atoms with Gasteiger partial charge in [-0.15, -0.1) is 0 Å². The zero-order chi connectivity index (χ0) is 14.7. The monoisotopic (exact) mass is 272 g/mol. The second kappa shape index (κ2) is 5.45. The number of benzene rings is 1. The molecule has 0 aliphatic rings. The van der Waals surface area contributed by atoms with E-state index in [9.17, 15) is 9.90 Å². The molecule has 0 aliphatic carbocycles. The van der Waals surface area contributed by atoms with E-state index in [2.05, 4.69) is 4.98 Å². The molecule has 1 N–H and O–H groups in total. The summed E-state index contributed by atoms with van der Waals surface area (Å²) in [7, 11) is 1.82. The molecular weight excluding hydrogens is 258 g/mol. The summed E-state index contributed by atoms with van der Waals surface area (Å²) in [5.41, 5.74) is 0.780. The lowest BCUT2D eigenvalue weighted by molar-refractivity contribution is -0.138. The Labute approximate surface area is 115 Å². The normalized spacial score (nSPS) is 11.8. The molecule has 6 nitrogen and oxygen atoms in total. The number of hydrogen-bond donors (Lipinski definition) is 1. The van der Waals surface area contributed by atoms with Crippen molar-refractivity contribution in [3.05, 3.63) is 46.7 Å². The summed E-state index contributed by atoms with van der Waals surface area (Å²) < 4.78 is 6.55. The molecule has 1 aromatic carbocycles. The van der Waals surface area contributed by atoms with Crippen molar-refractivity contribution >= 4 is 22.6 Å². The highest BCUT2D eigenvalue weighted by Crippen LogP contribution is 2.27. The maximum Gasteiger partial charge on any atom is 0.510 e. The number of carbonyl (C=O) groups excluding carboxylic acids is 1. The second-order valence-corrected chi connectivity index (χ2v) is 4.19. The van der Waals surface area contributed by atoms with Crippen LogP contribution in [0.3, 0.4) is 0 Å². The predicted molar refractivity (Wildman–Crippen MR) is 74.2 cm³/mol. The summed E-state index contributed by atoms with van der Waals surface area (Å²) in [6.07, 6.45) is 1.66. The Balaban J connectivity index is 2.63. The molecule has 0 aliphatic heterocycles. The predicted octanol–water partition coefficient (Wildman–Crippen LogP) is 2.82. The van der Waals surface area contributed by atoms with Gasteiger partial charge in [-0.25, -0.2) is 4.79 Å². The van der Waals surface area contributed by atoms with Crippen molar-refractivity contribution in [3.8, 4) is 0 Å². The average molecular weight is 272 g/mol. The smallest absolute Gasteiger partial charge is 0.501 e. The molecule has 0 amide bonds. The SMILES string of the molecule is CCOC(=O)/C([N+]#N)=C(\O)c1cn(C)c2ccccc12. The van der Waals surface area contributed by atoms with Crippen LogP contribution in [-0.2, 0) is 16.6 Å².